The van der Waals surface area contributed by atoms with Crippen molar-refractivity contribution in [1.82, 2.24) is 10.2 Å². The van der Waals surface area contributed by atoms with Crippen molar-refractivity contribution in [2.24, 2.45) is 5.92 Å². The first kappa shape index (κ1) is 16.3. The molecule has 0 radical (unpaired) electrons. The predicted molar refractivity (Wildman–Crippen MR) is 88.0 cm³/mol. The molecule has 2 unspecified atom stereocenters. The number of carbonyl (C=O) groups is 1. The Hall–Kier alpha value is -1.10. The van der Waals surface area contributed by atoms with Crippen LogP contribution in [-0.4, -0.2) is 43.5 Å². The van der Waals surface area contributed by atoms with E-state index in [0.717, 1.165) is 38.2 Å². The van der Waals surface area contributed by atoms with Crippen molar-refractivity contribution in [2.75, 3.05) is 32.0 Å². The molecule has 1 aromatic rings. The molecule has 1 amide bonds. The summed E-state index contributed by atoms with van der Waals surface area (Å²) in [6.07, 6.45) is 3.10. The van der Waals surface area contributed by atoms with Crippen LogP contribution in [0.4, 0.5) is 5.69 Å². The summed E-state index contributed by atoms with van der Waals surface area (Å²) in [6, 6.07) is 8.18. The molecule has 1 fully saturated rings. The number of para-hydroxylation sites is 1. The average Bonchev–Trinajstić information content (AvgIpc) is 2.82. The number of anilines is 1. The van der Waals surface area contributed by atoms with Crippen LogP contribution >= 0.6 is 12.4 Å². The summed E-state index contributed by atoms with van der Waals surface area (Å²) < 4.78 is 0. The molecule has 0 saturated carbocycles. The number of fused-ring (bicyclic) bond motifs is 1. The van der Waals surface area contributed by atoms with Gasteiger partial charge in [0, 0.05) is 12.2 Å². The number of aryl methyl sites for hydroxylation is 1. The van der Waals surface area contributed by atoms with Crippen molar-refractivity contribution in [3.63, 3.8) is 0 Å². The second kappa shape index (κ2) is 7.25. The van der Waals surface area contributed by atoms with Gasteiger partial charge in [0.05, 0.1) is 6.04 Å². The number of likely N-dealkylation sites (tertiary alicyclic amines) is 1. The van der Waals surface area contributed by atoms with Crippen molar-refractivity contribution in [1.29, 1.82) is 0 Å². The van der Waals surface area contributed by atoms with Crippen molar-refractivity contribution in [3.05, 3.63) is 29.8 Å². The summed E-state index contributed by atoms with van der Waals surface area (Å²) in [5.74, 6) is 0.846. The molecular formula is C16H24ClN3O. The number of halogens is 1. The third-order valence-corrected chi connectivity index (χ3v) is 4.52. The Labute approximate surface area is 132 Å². The molecule has 2 atom stereocenters. The second-order valence-corrected chi connectivity index (χ2v) is 5.91. The average molecular weight is 310 g/mol. The van der Waals surface area contributed by atoms with E-state index in [4.69, 9.17) is 0 Å². The van der Waals surface area contributed by atoms with Crippen molar-refractivity contribution in [3.8, 4) is 0 Å². The molecule has 4 nitrogen and oxygen atoms in total. The van der Waals surface area contributed by atoms with E-state index in [1.807, 2.05) is 25.2 Å². The molecule has 1 aromatic carbocycles. The smallest absolute Gasteiger partial charge is 0.241 e. The number of benzene rings is 1. The van der Waals surface area contributed by atoms with Crippen LogP contribution < -0.4 is 10.6 Å². The van der Waals surface area contributed by atoms with Gasteiger partial charge in [-0.1, -0.05) is 18.2 Å². The largest absolute Gasteiger partial charge is 0.324 e. The SMILES string of the molecule is CNCC1CCN(C2CCc3ccccc3NC2=O)C1.Cl. The number of nitrogens with zero attached hydrogens (tertiary/aromatic N) is 1. The van der Waals surface area contributed by atoms with E-state index in [0.29, 0.717) is 5.92 Å². The molecule has 0 spiro atoms. The Morgan fingerprint density at radius 3 is 2.95 bits per heavy atom. The molecular weight excluding hydrogens is 286 g/mol. The molecule has 2 N–H and O–H groups in total. The Bertz CT molecular complexity index is 494. The van der Waals surface area contributed by atoms with E-state index in [-0.39, 0.29) is 24.4 Å². The predicted octanol–water partition coefficient (Wildman–Crippen LogP) is 1.90. The molecule has 1 saturated heterocycles. The first-order valence-electron chi connectivity index (χ1n) is 7.55. The topological polar surface area (TPSA) is 44.4 Å². The van der Waals surface area contributed by atoms with Gasteiger partial charge in [-0.3, -0.25) is 9.69 Å². The maximum atomic E-state index is 12.5. The van der Waals surface area contributed by atoms with Gasteiger partial charge in [-0.15, -0.1) is 12.4 Å². The van der Waals surface area contributed by atoms with Crippen molar-refractivity contribution < 1.29 is 4.79 Å². The van der Waals surface area contributed by atoms with Gasteiger partial charge < -0.3 is 10.6 Å². The Kier molecular flexibility index (Phi) is 5.62. The van der Waals surface area contributed by atoms with Crippen LogP contribution in [0.15, 0.2) is 24.3 Å². The first-order chi connectivity index (χ1) is 9.78. The molecule has 21 heavy (non-hydrogen) atoms. The Morgan fingerprint density at radius 2 is 2.14 bits per heavy atom. The van der Waals surface area contributed by atoms with Crippen LogP contribution in [0.25, 0.3) is 0 Å². The summed E-state index contributed by atoms with van der Waals surface area (Å²) >= 11 is 0. The van der Waals surface area contributed by atoms with Crippen LogP contribution in [0.3, 0.4) is 0 Å². The molecule has 116 valence electrons. The minimum absolute atomic E-state index is 0. The van der Waals surface area contributed by atoms with Gasteiger partial charge >= 0.3 is 0 Å². The summed E-state index contributed by atoms with van der Waals surface area (Å²) in [6.45, 7) is 3.13. The van der Waals surface area contributed by atoms with Crippen LogP contribution in [0, 0.1) is 5.92 Å². The van der Waals surface area contributed by atoms with Crippen molar-refractivity contribution >= 4 is 24.0 Å². The van der Waals surface area contributed by atoms with Gasteiger partial charge in [0.1, 0.15) is 0 Å². The van der Waals surface area contributed by atoms with Gasteiger partial charge in [-0.25, -0.2) is 0 Å². The molecule has 2 aliphatic rings. The Morgan fingerprint density at radius 1 is 1.33 bits per heavy atom. The number of hydrogen-bond donors (Lipinski definition) is 2. The van der Waals surface area contributed by atoms with Gasteiger partial charge in [-0.05, 0) is 56.9 Å². The summed E-state index contributed by atoms with van der Waals surface area (Å²) in [7, 11) is 2.00. The van der Waals surface area contributed by atoms with E-state index in [2.05, 4.69) is 21.6 Å². The van der Waals surface area contributed by atoms with Gasteiger partial charge in [0.15, 0.2) is 0 Å². The number of hydrogen-bond acceptors (Lipinski definition) is 3. The lowest BCUT2D eigenvalue weighted by Crippen LogP contribution is -2.42. The number of rotatable bonds is 3. The van der Waals surface area contributed by atoms with Crippen LogP contribution in [-0.2, 0) is 11.2 Å². The van der Waals surface area contributed by atoms with Crippen LogP contribution in [0.2, 0.25) is 0 Å². The molecule has 0 aromatic heterocycles. The minimum atomic E-state index is 0. The van der Waals surface area contributed by atoms with E-state index < -0.39 is 0 Å². The van der Waals surface area contributed by atoms with Crippen molar-refractivity contribution in [2.45, 2.75) is 25.3 Å². The monoisotopic (exact) mass is 309 g/mol. The van der Waals surface area contributed by atoms with E-state index in [1.165, 1.54) is 12.0 Å². The Balaban J connectivity index is 0.00000161. The fourth-order valence-corrected chi connectivity index (χ4v) is 3.45. The van der Waals surface area contributed by atoms with E-state index in [9.17, 15) is 4.79 Å². The zero-order valence-corrected chi connectivity index (χ0v) is 13.3. The number of amides is 1. The zero-order chi connectivity index (χ0) is 13.9. The minimum Gasteiger partial charge on any atom is -0.324 e. The van der Waals surface area contributed by atoms with Crippen LogP contribution in [0.5, 0.6) is 0 Å². The lowest BCUT2D eigenvalue weighted by Gasteiger charge is -2.25. The highest BCUT2D eigenvalue weighted by molar-refractivity contribution is 5.96. The molecule has 2 heterocycles. The maximum Gasteiger partial charge on any atom is 0.241 e. The lowest BCUT2D eigenvalue weighted by molar-refractivity contribution is -0.121. The second-order valence-electron chi connectivity index (χ2n) is 5.91. The standard InChI is InChI=1S/C16H23N3O.ClH/c1-17-10-12-8-9-19(11-12)15-7-6-13-4-2-3-5-14(13)18-16(15)20;/h2-5,12,15,17H,6-11H2,1H3,(H,18,20);1H. The molecule has 5 heteroatoms. The van der Waals surface area contributed by atoms with Gasteiger partial charge in [-0.2, -0.15) is 0 Å². The quantitative estimate of drug-likeness (QED) is 0.896. The van der Waals surface area contributed by atoms with Crippen LogP contribution in [0.1, 0.15) is 18.4 Å². The molecule has 0 bridgehead atoms. The highest BCUT2D eigenvalue weighted by Crippen LogP contribution is 2.26. The first-order valence-corrected chi connectivity index (χ1v) is 7.55. The zero-order valence-electron chi connectivity index (χ0n) is 12.5. The van der Waals surface area contributed by atoms with E-state index in [1.54, 1.807) is 0 Å². The van der Waals surface area contributed by atoms with E-state index >= 15 is 0 Å². The highest BCUT2D eigenvalue weighted by Gasteiger charge is 2.33. The summed E-state index contributed by atoms with van der Waals surface area (Å²) in [5, 5.41) is 6.34. The fourth-order valence-electron chi connectivity index (χ4n) is 3.45. The summed E-state index contributed by atoms with van der Waals surface area (Å²) in [5.41, 5.74) is 2.25. The molecule has 0 aliphatic carbocycles. The highest BCUT2D eigenvalue weighted by atomic mass is 35.5. The maximum absolute atomic E-state index is 12.5. The van der Waals surface area contributed by atoms with Gasteiger partial charge in [0.25, 0.3) is 0 Å². The number of carbonyl (C=O) groups excluding carboxylic acids is 1. The molecule has 2 aliphatic heterocycles. The lowest BCUT2D eigenvalue weighted by atomic mass is 10.1. The fraction of sp³-hybridized carbons (Fsp3) is 0.562. The third kappa shape index (κ3) is 3.57. The number of nitrogens with one attached hydrogen (secondary N) is 2. The molecule has 3 rings (SSSR count). The van der Waals surface area contributed by atoms with Gasteiger partial charge in [0.2, 0.25) is 5.91 Å². The summed E-state index contributed by atoms with van der Waals surface area (Å²) in [4.78, 5) is 14.8. The third-order valence-electron chi connectivity index (χ3n) is 4.52. The normalized spacial score (nSPS) is 25.7.